The lowest BCUT2D eigenvalue weighted by Gasteiger charge is -2.52. The molecule has 11 heteroatoms. The van der Waals surface area contributed by atoms with Crippen LogP contribution in [0.3, 0.4) is 0 Å². The van der Waals surface area contributed by atoms with Crippen LogP contribution in [0.1, 0.15) is 74.1 Å². The fraction of sp³-hybridized carbons (Fsp3) is 0.667. The largest absolute Gasteiger partial charge is 0.338 e. The molecule has 4 aliphatic rings. The van der Waals surface area contributed by atoms with Crippen LogP contribution >= 0.6 is 0 Å². The van der Waals surface area contributed by atoms with Crippen LogP contribution in [0.2, 0.25) is 0 Å². The lowest BCUT2D eigenvalue weighted by Crippen LogP contribution is -2.62. The average molecular weight is 629 g/mol. The Morgan fingerprint density at radius 1 is 0.932 bits per heavy atom. The average Bonchev–Trinajstić information content (AvgIpc) is 3.86. The van der Waals surface area contributed by atoms with E-state index in [1.54, 1.807) is 22.5 Å². The molecule has 9 nitrogen and oxygen atoms in total. The topological polar surface area (TPSA) is 90.0 Å². The summed E-state index contributed by atoms with van der Waals surface area (Å²) in [6.45, 7) is 15.6. The number of aryl methyl sites for hydroxylation is 2. The summed E-state index contributed by atoms with van der Waals surface area (Å²) in [4.78, 5) is 28.9. The molecule has 3 aliphatic heterocycles. The zero-order valence-corrected chi connectivity index (χ0v) is 27.6. The van der Waals surface area contributed by atoms with Gasteiger partial charge < -0.3 is 4.90 Å². The monoisotopic (exact) mass is 628 g/mol. The van der Waals surface area contributed by atoms with Crippen LogP contribution in [0.25, 0.3) is 0 Å². The normalized spacial score (nSPS) is 24.0. The zero-order valence-electron chi connectivity index (χ0n) is 26.8. The van der Waals surface area contributed by atoms with Gasteiger partial charge in [-0.2, -0.15) is 0 Å². The van der Waals surface area contributed by atoms with Crippen LogP contribution in [-0.4, -0.2) is 112 Å². The molecule has 0 radical (unpaired) electrons. The van der Waals surface area contributed by atoms with Gasteiger partial charge in [0.25, 0.3) is 5.91 Å². The highest BCUT2D eigenvalue weighted by Crippen LogP contribution is 2.34. The number of halogens is 1. The molecule has 0 bridgehead atoms. The van der Waals surface area contributed by atoms with Crippen LogP contribution in [0.15, 0.2) is 36.7 Å². The standard InChI is InChI=1S/C27H44N6O3S.C6H5F/c1-20-17-32(16-15-31(20)18-23-7-11-33(12-8-23)37(35,36)24-5-6-24)27(4)9-13-30(14-10-27)26(34)25-21(2)28-19-29-22(25)3;7-6-4-2-1-3-5-6/h19-20,23-24H,5-18H2,1-4H3;1-5H/t20-;/m0./s1. The number of nitrogens with zero attached hydrogens (tertiary/aromatic N) is 6. The van der Waals surface area contributed by atoms with Gasteiger partial charge in [-0.05, 0) is 84.3 Å². The first-order valence-electron chi connectivity index (χ1n) is 16.2. The van der Waals surface area contributed by atoms with E-state index in [2.05, 4.69) is 33.6 Å². The molecule has 1 atom stereocenters. The smallest absolute Gasteiger partial charge is 0.257 e. The summed E-state index contributed by atoms with van der Waals surface area (Å²) in [6.07, 6.45) is 7.13. The first-order chi connectivity index (χ1) is 21.0. The van der Waals surface area contributed by atoms with Crippen molar-refractivity contribution >= 4 is 15.9 Å². The Morgan fingerprint density at radius 2 is 1.55 bits per heavy atom. The zero-order chi connectivity index (χ0) is 31.5. The molecule has 4 heterocycles. The Labute approximate surface area is 262 Å². The molecule has 1 aliphatic carbocycles. The highest BCUT2D eigenvalue weighted by atomic mass is 32.2. The van der Waals surface area contributed by atoms with Gasteiger partial charge in [-0.1, -0.05) is 18.2 Å². The third-order valence-corrected chi connectivity index (χ3v) is 12.6. The van der Waals surface area contributed by atoms with Crippen molar-refractivity contribution in [2.45, 2.75) is 83.1 Å². The lowest BCUT2D eigenvalue weighted by molar-refractivity contribution is -0.0223. The van der Waals surface area contributed by atoms with Gasteiger partial charge in [-0.3, -0.25) is 14.6 Å². The maximum Gasteiger partial charge on any atom is 0.257 e. The number of carbonyl (C=O) groups is 1. The van der Waals surface area contributed by atoms with Gasteiger partial charge in [0.2, 0.25) is 10.0 Å². The lowest BCUT2D eigenvalue weighted by atomic mass is 9.86. The quantitative estimate of drug-likeness (QED) is 0.476. The second-order valence-electron chi connectivity index (χ2n) is 13.4. The minimum atomic E-state index is -3.03. The summed E-state index contributed by atoms with van der Waals surface area (Å²) in [7, 11) is -3.03. The van der Waals surface area contributed by atoms with Crippen molar-refractivity contribution in [2.75, 3.05) is 52.4 Å². The molecule has 6 rings (SSSR count). The fourth-order valence-corrected chi connectivity index (χ4v) is 8.87. The van der Waals surface area contributed by atoms with Gasteiger partial charge in [0.1, 0.15) is 12.1 Å². The van der Waals surface area contributed by atoms with E-state index in [0.29, 0.717) is 30.6 Å². The Bertz CT molecular complexity index is 1350. The Morgan fingerprint density at radius 3 is 2.07 bits per heavy atom. The highest BCUT2D eigenvalue weighted by Gasteiger charge is 2.43. The molecule has 1 amide bonds. The number of hydrogen-bond acceptors (Lipinski definition) is 7. The molecule has 44 heavy (non-hydrogen) atoms. The SMILES string of the molecule is Cc1ncnc(C)c1C(=O)N1CCC(C)(N2CCN(CC3CCN(S(=O)(=O)C4CC4)CC3)[C@@H](C)C2)CC1.Fc1ccccc1. The molecular weight excluding hydrogens is 579 g/mol. The second-order valence-corrected chi connectivity index (χ2v) is 15.6. The number of rotatable bonds is 6. The molecule has 1 aromatic carbocycles. The second kappa shape index (κ2) is 13.9. The maximum atomic E-state index is 13.2. The van der Waals surface area contributed by atoms with Crippen molar-refractivity contribution in [3.63, 3.8) is 0 Å². The van der Waals surface area contributed by atoms with Gasteiger partial charge in [0.15, 0.2) is 0 Å². The predicted octanol–water partition coefficient (Wildman–Crippen LogP) is 4.12. The number of amides is 1. The number of piperazine rings is 1. The number of hydrogen-bond donors (Lipinski definition) is 0. The molecular formula is C33H49FN6O3S. The summed E-state index contributed by atoms with van der Waals surface area (Å²) in [5, 5.41) is -0.0934. The number of benzene rings is 1. The summed E-state index contributed by atoms with van der Waals surface area (Å²) in [6, 6.07) is 8.42. The molecule has 1 saturated carbocycles. The molecule has 4 fully saturated rings. The van der Waals surface area contributed by atoms with Gasteiger partial charge >= 0.3 is 0 Å². The van der Waals surface area contributed by atoms with E-state index in [-0.39, 0.29) is 22.5 Å². The van der Waals surface area contributed by atoms with Crippen molar-refractivity contribution in [2.24, 2.45) is 5.92 Å². The van der Waals surface area contributed by atoms with Gasteiger partial charge in [0.05, 0.1) is 22.2 Å². The molecule has 0 spiro atoms. The third-order valence-electron chi connectivity index (χ3n) is 10.2. The fourth-order valence-electron chi connectivity index (χ4n) is 6.99. The summed E-state index contributed by atoms with van der Waals surface area (Å²) in [5.74, 6) is 0.465. The maximum absolute atomic E-state index is 13.2. The number of sulfonamides is 1. The van der Waals surface area contributed by atoms with Crippen LogP contribution < -0.4 is 0 Å². The van der Waals surface area contributed by atoms with Gasteiger partial charge in [0, 0.05) is 63.9 Å². The summed E-state index contributed by atoms with van der Waals surface area (Å²) >= 11 is 0. The van der Waals surface area contributed by atoms with Gasteiger partial charge in [-0.25, -0.2) is 27.1 Å². The van der Waals surface area contributed by atoms with Crippen molar-refractivity contribution in [3.8, 4) is 0 Å². The van der Waals surface area contributed by atoms with E-state index in [1.807, 2.05) is 18.7 Å². The van der Waals surface area contributed by atoms with Crippen LogP contribution in [-0.2, 0) is 10.0 Å². The molecule has 3 saturated heterocycles. The molecule has 242 valence electrons. The molecule has 1 aromatic heterocycles. The van der Waals surface area contributed by atoms with Crippen LogP contribution in [0, 0.1) is 25.6 Å². The van der Waals surface area contributed by atoms with Crippen molar-refractivity contribution in [1.29, 1.82) is 0 Å². The van der Waals surface area contributed by atoms with E-state index in [0.717, 1.165) is 89.2 Å². The number of aromatic nitrogens is 2. The third kappa shape index (κ3) is 7.66. The minimum absolute atomic E-state index is 0.0619. The van der Waals surface area contributed by atoms with E-state index >= 15 is 0 Å². The summed E-state index contributed by atoms with van der Waals surface area (Å²) < 4.78 is 38.8. The molecule has 2 aromatic rings. The van der Waals surface area contributed by atoms with E-state index in [1.165, 1.54) is 18.5 Å². The van der Waals surface area contributed by atoms with Crippen molar-refractivity contribution in [1.82, 2.24) is 29.0 Å². The minimum Gasteiger partial charge on any atom is -0.338 e. The van der Waals surface area contributed by atoms with Crippen LogP contribution in [0.4, 0.5) is 4.39 Å². The van der Waals surface area contributed by atoms with Crippen molar-refractivity contribution < 1.29 is 17.6 Å². The van der Waals surface area contributed by atoms with Gasteiger partial charge in [-0.15, -0.1) is 0 Å². The number of carbonyl (C=O) groups excluding carboxylic acids is 1. The first-order valence-corrected chi connectivity index (χ1v) is 17.7. The molecule has 0 N–H and O–H groups in total. The number of piperidine rings is 2. The van der Waals surface area contributed by atoms with Crippen LogP contribution in [0.5, 0.6) is 0 Å². The predicted molar refractivity (Wildman–Crippen MR) is 170 cm³/mol. The Hall–Kier alpha value is -2.47. The Kier molecular flexibility index (Phi) is 10.4. The van der Waals surface area contributed by atoms with Crippen molar-refractivity contribution in [3.05, 3.63) is 59.4 Å². The number of likely N-dealkylation sites (tertiary alicyclic amines) is 1. The summed E-state index contributed by atoms with van der Waals surface area (Å²) in [5.41, 5.74) is 2.28. The van der Waals surface area contributed by atoms with E-state index < -0.39 is 10.0 Å². The van der Waals surface area contributed by atoms with E-state index in [9.17, 15) is 17.6 Å². The highest BCUT2D eigenvalue weighted by molar-refractivity contribution is 7.90. The molecule has 0 unspecified atom stereocenters. The Balaban J connectivity index is 0.000000484. The first kappa shape index (κ1) is 32.9. The van der Waals surface area contributed by atoms with E-state index in [4.69, 9.17) is 0 Å².